The van der Waals surface area contributed by atoms with Crippen LogP contribution in [0.2, 0.25) is 0 Å². The maximum Gasteiger partial charge on any atom is 0.338 e. The Labute approximate surface area is 160 Å². The van der Waals surface area contributed by atoms with E-state index in [0.29, 0.717) is 16.9 Å². The molecule has 3 heterocycles. The summed E-state index contributed by atoms with van der Waals surface area (Å²) in [7, 11) is 0. The zero-order valence-electron chi connectivity index (χ0n) is 15.2. The van der Waals surface area contributed by atoms with Crippen LogP contribution in [0.5, 0.6) is 0 Å². The number of fused-ring (bicyclic) bond motifs is 3. The van der Waals surface area contributed by atoms with Gasteiger partial charge < -0.3 is 26.4 Å². The SMILES string of the molecule is CC1(C)OC(=O)C2=C1NC(N)=C(C#N)[C@@]21C(=O)N(CC(N)=O)c2ccccc21. The number of cyclic esters (lactones) is 1. The smallest absolute Gasteiger partial charge is 0.338 e. The van der Waals surface area contributed by atoms with Crippen molar-refractivity contribution in [1.82, 2.24) is 5.32 Å². The number of carbonyl (C=O) groups is 3. The van der Waals surface area contributed by atoms with Crippen molar-refractivity contribution >= 4 is 23.5 Å². The summed E-state index contributed by atoms with van der Waals surface area (Å²) in [6, 6.07) is 8.61. The maximum atomic E-state index is 13.7. The highest BCUT2D eigenvalue weighted by Crippen LogP contribution is 2.56. The van der Waals surface area contributed by atoms with Crippen molar-refractivity contribution in [2.24, 2.45) is 11.5 Å². The van der Waals surface area contributed by atoms with Gasteiger partial charge in [-0.2, -0.15) is 5.26 Å². The van der Waals surface area contributed by atoms with E-state index in [1.807, 2.05) is 6.07 Å². The number of nitrogens with zero attached hydrogens (tertiary/aromatic N) is 2. The molecule has 2 amide bonds. The lowest BCUT2D eigenvalue weighted by Crippen LogP contribution is -2.51. The standard InChI is InChI=1S/C19H17N5O4/c1-18(2)14-13(16(26)28-18)19(10(7-20)15(22)23-14)9-5-3-4-6-11(9)24(17(19)27)8-12(21)25/h3-6,23H,8,22H2,1-2H3,(H2,21,25)/t19-/m1/s1. The number of benzene rings is 1. The van der Waals surface area contributed by atoms with Crippen molar-refractivity contribution in [3.63, 3.8) is 0 Å². The van der Waals surface area contributed by atoms with E-state index in [0.717, 1.165) is 0 Å². The molecule has 0 radical (unpaired) electrons. The van der Waals surface area contributed by atoms with E-state index < -0.39 is 35.3 Å². The van der Waals surface area contributed by atoms with Crippen LogP contribution < -0.4 is 21.7 Å². The minimum atomic E-state index is -1.80. The molecular weight excluding hydrogens is 362 g/mol. The molecule has 0 aliphatic carbocycles. The van der Waals surface area contributed by atoms with Crippen LogP contribution in [0.15, 0.2) is 46.9 Å². The number of hydrogen-bond acceptors (Lipinski definition) is 7. The Morgan fingerprint density at radius 2 is 2.00 bits per heavy atom. The molecular formula is C19H17N5O4. The number of nitrogens with one attached hydrogen (secondary N) is 1. The minimum Gasteiger partial charge on any atom is -0.450 e. The number of hydrogen-bond donors (Lipinski definition) is 3. The van der Waals surface area contributed by atoms with E-state index in [-0.39, 0.29) is 17.0 Å². The second-order valence-electron chi connectivity index (χ2n) is 7.30. The molecule has 3 aliphatic rings. The predicted molar refractivity (Wildman–Crippen MR) is 96.8 cm³/mol. The van der Waals surface area contributed by atoms with E-state index in [9.17, 15) is 19.6 Å². The van der Waals surface area contributed by atoms with Crippen LogP contribution in [0.1, 0.15) is 19.4 Å². The van der Waals surface area contributed by atoms with Crippen LogP contribution in [0.4, 0.5) is 5.69 Å². The third-order valence-corrected chi connectivity index (χ3v) is 5.27. The van der Waals surface area contributed by atoms with Gasteiger partial charge in [-0.25, -0.2) is 4.79 Å². The molecule has 0 saturated carbocycles. The number of rotatable bonds is 2. The Hall–Kier alpha value is -3.80. The molecule has 0 saturated heterocycles. The Morgan fingerprint density at radius 1 is 1.32 bits per heavy atom. The molecule has 142 valence electrons. The Morgan fingerprint density at radius 3 is 2.64 bits per heavy atom. The van der Waals surface area contributed by atoms with Crippen LogP contribution in [-0.4, -0.2) is 29.9 Å². The van der Waals surface area contributed by atoms with Crippen molar-refractivity contribution in [3.8, 4) is 6.07 Å². The third kappa shape index (κ3) is 1.91. The highest BCUT2D eigenvalue weighted by atomic mass is 16.6. The minimum absolute atomic E-state index is 0.00710. The number of ether oxygens (including phenoxy) is 1. The molecule has 28 heavy (non-hydrogen) atoms. The summed E-state index contributed by atoms with van der Waals surface area (Å²) in [5.74, 6) is -2.14. The summed E-state index contributed by atoms with van der Waals surface area (Å²) in [6.07, 6.45) is 0. The summed E-state index contributed by atoms with van der Waals surface area (Å²) >= 11 is 0. The van der Waals surface area contributed by atoms with Crippen molar-refractivity contribution in [2.75, 3.05) is 11.4 Å². The van der Waals surface area contributed by atoms with E-state index in [1.54, 1.807) is 38.1 Å². The van der Waals surface area contributed by atoms with Crippen LogP contribution in [0.25, 0.3) is 0 Å². The molecule has 0 fully saturated rings. The molecule has 0 bridgehead atoms. The van der Waals surface area contributed by atoms with E-state index >= 15 is 0 Å². The largest absolute Gasteiger partial charge is 0.450 e. The topological polar surface area (TPSA) is 152 Å². The average Bonchev–Trinajstić information content (AvgIpc) is 2.98. The molecule has 5 N–H and O–H groups in total. The summed E-state index contributed by atoms with van der Waals surface area (Å²) in [5.41, 5.74) is 9.55. The Balaban J connectivity index is 2.12. The van der Waals surface area contributed by atoms with Gasteiger partial charge in [-0.05, 0) is 19.9 Å². The zero-order valence-corrected chi connectivity index (χ0v) is 15.2. The fourth-order valence-electron chi connectivity index (χ4n) is 4.21. The lowest BCUT2D eigenvalue weighted by molar-refractivity contribution is -0.145. The molecule has 4 rings (SSSR count). The normalized spacial score (nSPS) is 24.7. The number of nitriles is 1. The number of para-hydroxylation sites is 1. The van der Waals surface area contributed by atoms with Gasteiger partial charge in [-0.1, -0.05) is 18.2 Å². The van der Waals surface area contributed by atoms with Gasteiger partial charge >= 0.3 is 5.97 Å². The van der Waals surface area contributed by atoms with Gasteiger partial charge in [-0.15, -0.1) is 0 Å². The summed E-state index contributed by atoms with van der Waals surface area (Å²) in [5, 5.41) is 12.7. The number of carbonyl (C=O) groups excluding carboxylic acids is 3. The Kier molecular flexibility index (Phi) is 3.37. The monoisotopic (exact) mass is 379 g/mol. The van der Waals surface area contributed by atoms with Gasteiger partial charge in [0.1, 0.15) is 29.5 Å². The van der Waals surface area contributed by atoms with Gasteiger partial charge in [0.25, 0.3) is 0 Å². The molecule has 1 aromatic rings. The third-order valence-electron chi connectivity index (χ3n) is 5.27. The first-order valence-electron chi connectivity index (χ1n) is 8.52. The van der Waals surface area contributed by atoms with Crippen molar-refractivity contribution in [1.29, 1.82) is 5.26 Å². The zero-order chi connectivity index (χ0) is 20.4. The van der Waals surface area contributed by atoms with E-state index in [1.165, 1.54) is 4.90 Å². The highest BCUT2D eigenvalue weighted by molar-refractivity contribution is 6.20. The Bertz CT molecular complexity index is 1080. The molecule has 9 heteroatoms. The second kappa shape index (κ2) is 5.36. The van der Waals surface area contributed by atoms with Gasteiger partial charge in [0.2, 0.25) is 11.8 Å². The highest BCUT2D eigenvalue weighted by Gasteiger charge is 2.65. The first-order valence-corrected chi connectivity index (χ1v) is 8.52. The van der Waals surface area contributed by atoms with Crippen LogP contribution in [0, 0.1) is 11.3 Å². The fraction of sp³-hybridized carbons (Fsp3) is 0.263. The van der Waals surface area contributed by atoms with Gasteiger partial charge in [0.05, 0.1) is 16.8 Å². The first-order chi connectivity index (χ1) is 13.2. The molecule has 9 nitrogen and oxygen atoms in total. The van der Waals surface area contributed by atoms with E-state index in [2.05, 4.69) is 5.32 Å². The molecule has 3 aliphatic heterocycles. The first kappa shape index (κ1) is 17.6. The van der Waals surface area contributed by atoms with Gasteiger partial charge in [0, 0.05) is 11.3 Å². The summed E-state index contributed by atoms with van der Waals surface area (Å²) in [6.45, 7) is 2.92. The fourth-order valence-corrected chi connectivity index (χ4v) is 4.21. The quantitative estimate of drug-likeness (QED) is 0.594. The number of nitrogens with two attached hydrogens (primary N) is 2. The second-order valence-corrected chi connectivity index (χ2v) is 7.30. The number of dihydropyridines is 1. The van der Waals surface area contributed by atoms with Crippen LogP contribution in [0.3, 0.4) is 0 Å². The lowest BCUT2D eigenvalue weighted by Gasteiger charge is -2.34. The van der Waals surface area contributed by atoms with Crippen molar-refractivity contribution in [2.45, 2.75) is 24.9 Å². The number of amides is 2. The molecule has 0 aromatic heterocycles. The predicted octanol–water partition coefficient (Wildman–Crippen LogP) is -0.357. The van der Waals surface area contributed by atoms with Crippen LogP contribution >= 0.6 is 0 Å². The van der Waals surface area contributed by atoms with Crippen LogP contribution in [-0.2, 0) is 24.5 Å². The van der Waals surface area contributed by atoms with Crippen molar-refractivity contribution < 1.29 is 19.1 Å². The number of esters is 1. The molecule has 1 aromatic carbocycles. The molecule has 0 unspecified atom stereocenters. The maximum absolute atomic E-state index is 13.7. The number of primary amides is 1. The lowest BCUT2D eigenvalue weighted by atomic mass is 9.67. The summed E-state index contributed by atoms with van der Waals surface area (Å²) in [4.78, 5) is 39.4. The number of anilines is 1. The molecule has 1 spiro atoms. The van der Waals surface area contributed by atoms with E-state index in [4.69, 9.17) is 16.2 Å². The molecule has 1 atom stereocenters. The summed E-state index contributed by atoms with van der Waals surface area (Å²) < 4.78 is 5.47. The van der Waals surface area contributed by atoms with Gasteiger partial charge in [0.15, 0.2) is 0 Å². The van der Waals surface area contributed by atoms with Gasteiger partial charge in [-0.3, -0.25) is 9.59 Å². The average molecular weight is 379 g/mol. The van der Waals surface area contributed by atoms with Crippen molar-refractivity contribution in [3.05, 3.63) is 52.5 Å².